The maximum Gasteiger partial charge on any atom is 0.0987 e. The molecular weight excluding hydrogens is 210 g/mol. The Morgan fingerprint density at radius 1 is 1.60 bits per heavy atom. The largest absolute Gasteiger partial charge is 0.249 e. The average molecular weight is 218 g/mol. The van der Waals surface area contributed by atoms with E-state index in [9.17, 15) is 0 Å². The topological polar surface area (TPSA) is 12.9 Å². The third-order valence-electron chi connectivity index (χ3n) is 1.19. The number of aromatic nitrogens is 1. The van der Waals surface area contributed by atoms with Gasteiger partial charge in [0.2, 0.25) is 0 Å². The van der Waals surface area contributed by atoms with E-state index < -0.39 is 0 Å². The van der Waals surface area contributed by atoms with Crippen molar-refractivity contribution in [2.24, 2.45) is 0 Å². The molecule has 1 aromatic rings. The third-order valence-corrected chi connectivity index (χ3v) is 2.44. The van der Waals surface area contributed by atoms with Gasteiger partial charge < -0.3 is 0 Å². The average Bonchev–Trinajstić information content (AvgIpc) is 1.88. The van der Waals surface area contributed by atoms with Gasteiger partial charge in [-0.2, -0.15) is 0 Å². The highest BCUT2D eigenvalue weighted by Crippen LogP contribution is 2.19. The lowest BCUT2D eigenvalue weighted by molar-refractivity contribution is 1.07. The van der Waals surface area contributed by atoms with Crippen LogP contribution in [-0.2, 0) is 0 Å². The molecule has 0 aliphatic heterocycles. The molecule has 0 aromatic carbocycles. The Balaban J connectivity index is 3.07. The summed E-state index contributed by atoms with van der Waals surface area (Å²) >= 11 is 5.03. The Labute approximate surface area is 73.4 Å². The van der Waals surface area contributed by atoms with Crippen LogP contribution in [-0.4, -0.2) is 11.2 Å². The molecule has 0 saturated carbocycles. The second-order valence-electron chi connectivity index (χ2n) is 1.98. The number of hydrogen-bond donors (Lipinski definition) is 0. The van der Waals surface area contributed by atoms with Gasteiger partial charge in [-0.15, -0.1) is 11.8 Å². The lowest BCUT2D eigenvalue weighted by Gasteiger charge is -1.99. The molecule has 1 nitrogen and oxygen atoms in total. The van der Waals surface area contributed by atoms with E-state index in [-0.39, 0.29) is 0 Å². The molecule has 0 aliphatic rings. The standard InChI is InChI=1S/C7H8BrNS/c1-5-3-6(8)4-9-7(5)10-2/h3-4H,1-2H3. The molecule has 0 atom stereocenters. The van der Waals surface area contributed by atoms with Gasteiger partial charge >= 0.3 is 0 Å². The van der Waals surface area contributed by atoms with Crippen LogP contribution < -0.4 is 0 Å². The van der Waals surface area contributed by atoms with Crippen molar-refractivity contribution in [3.8, 4) is 0 Å². The van der Waals surface area contributed by atoms with Gasteiger partial charge in [0.05, 0.1) is 5.03 Å². The number of aryl methyl sites for hydroxylation is 1. The van der Waals surface area contributed by atoms with Gasteiger partial charge in [-0.25, -0.2) is 4.98 Å². The minimum absolute atomic E-state index is 1.04. The number of rotatable bonds is 1. The number of pyridine rings is 1. The zero-order chi connectivity index (χ0) is 7.56. The van der Waals surface area contributed by atoms with Crippen LogP contribution in [0.2, 0.25) is 0 Å². The second-order valence-corrected chi connectivity index (χ2v) is 3.69. The summed E-state index contributed by atoms with van der Waals surface area (Å²) in [5.41, 5.74) is 1.22. The minimum atomic E-state index is 1.04. The van der Waals surface area contributed by atoms with Gasteiger partial charge in [0.15, 0.2) is 0 Å². The molecule has 1 aromatic heterocycles. The van der Waals surface area contributed by atoms with Crippen LogP contribution in [0.1, 0.15) is 5.56 Å². The summed E-state index contributed by atoms with van der Waals surface area (Å²) in [6.07, 6.45) is 3.85. The van der Waals surface area contributed by atoms with E-state index in [4.69, 9.17) is 0 Å². The molecule has 54 valence electrons. The molecule has 1 heterocycles. The molecule has 0 unspecified atom stereocenters. The van der Waals surface area contributed by atoms with Crippen molar-refractivity contribution in [1.29, 1.82) is 0 Å². The highest BCUT2D eigenvalue weighted by atomic mass is 79.9. The first-order chi connectivity index (χ1) is 4.74. The van der Waals surface area contributed by atoms with Crippen LogP contribution in [0.15, 0.2) is 21.8 Å². The van der Waals surface area contributed by atoms with E-state index in [2.05, 4.69) is 33.9 Å². The van der Waals surface area contributed by atoms with Crippen molar-refractivity contribution in [3.63, 3.8) is 0 Å². The van der Waals surface area contributed by atoms with Crippen molar-refractivity contribution in [2.45, 2.75) is 11.9 Å². The van der Waals surface area contributed by atoms with E-state index in [0.717, 1.165) is 9.50 Å². The first-order valence-electron chi connectivity index (χ1n) is 2.90. The fourth-order valence-corrected chi connectivity index (χ4v) is 1.73. The lowest BCUT2D eigenvalue weighted by Crippen LogP contribution is -1.82. The lowest BCUT2D eigenvalue weighted by atomic mass is 10.3. The minimum Gasteiger partial charge on any atom is -0.249 e. The molecular formula is C7H8BrNS. The predicted octanol–water partition coefficient (Wildman–Crippen LogP) is 2.87. The van der Waals surface area contributed by atoms with Crippen molar-refractivity contribution < 1.29 is 0 Å². The van der Waals surface area contributed by atoms with Crippen LogP contribution in [0.5, 0.6) is 0 Å². The van der Waals surface area contributed by atoms with Crippen molar-refractivity contribution in [2.75, 3.05) is 6.26 Å². The molecule has 0 saturated heterocycles. The normalized spacial score (nSPS) is 9.90. The highest BCUT2D eigenvalue weighted by Gasteiger charge is 1.96. The number of halogens is 1. The maximum absolute atomic E-state index is 4.21. The molecule has 0 spiro atoms. The summed E-state index contributed by atoms with van der Waals surface area (Å²) < 4.78 is 1.04. The van der Waals surface area contributed by atoms with Crippen LogP contribution in [0.4, 0.5) is 0 Å². The predicted molar refractivity (Wildman–Crippen MR) is 48.5 cm³/mol. The zero-order valence-electron chi connectivity index (χ0n) is 5.89. The second kappa shape index (κ2) is 3.39. The van der Waals surface area contributed by atoms with E-state index in [0.29, 0.717) is 0 Å². The quantitative estimate of drug-likeness (QED) is 0.672. The summed E-state index contributed by atoms with van der Waals surface area (Å²) in [5.74, 6) is 0. The van der Waals surface area contributed by atoms with Crippen LogP contribution in [0.25, 0.3) is 0 Å². The molecule has 1 rings (SSSR count). The van der Waals surface area contributed by atoms with E-state index in [1.54, 1.807) is 11.8 Å². The third kappa shape index (κ3) is 1.73. The maximum atomic E-state index is 4.21. The summed E-state index contributed by atoms with van der Waals surface area (Å²) in [6, 6.07) is 2.07. The van der Waals surface area contributed by atoms with Gasteiger partial charge in [0.25, 0.3) is 0 Å². The van der Waals surface area contributed by atoms with Gasteiger partial charge in [-0.05, 0) is 40.7 Å². The summed E-state index contributed by atoms with van der Waals surface area (Å²) in [6.45, 7) is 2.06. The zero-order valence-corrected chi connectivity index (χ0v) is 8.29. The smallest absolute Gasteiger partial charge is 0.0987 e. The fourth-order valence-electron chi connectivity index (χ4n) is 0.742. The summed E-state index contributed by atoms with van der Waals surface area (Å²) in [4.78, 5) is 4.21. The van der Waals surface area contributed by atoms with Crippen LogP contribution in [0.3, 0.4) is 0 Å². The first-order valence-corrected chi connectivity index (χ1v) is 4.92. The molecule has 3 heteroatoms. The van der Waals surface area contributed by atoms with Crippen molar-refractivity contribution in [3.05, 3.63) is 22.3 Å². The molecule has 0 amide bonds. The van der Waals surface area contributed by atoms with Crippen molar-refractivity contribution >= 4 is 27.7 Å². The molecule has 0 N–H and O–H groups in total. The monoisotopic (exact) mass is 217 g/mol. The van der Waals surface area contributed by atoms with E-state index in [1.165, 1.54) is 5.56 Å². The SMILES string of the molecule is CSc1ncc(Br)cc1C. The summed E-state index contributed by atoms with van der Waals surface area (Å²) in [7, 11) is 0. The van der Waals surface area contributed by atoms with Gasteiger partial charge in [-0.1, -0.05) is 0 Å². The Morgan fingerprint density at radius 2 is 2.30 bits per heavy atom. The van der Waals surface area contributed by atoms with Gasteiger partial charge in [-0.3, -0.25) is 0 Å². The van der Waals surface area contributed by atoms with E-state index in [1.807, 2.05) is 12.5 Å². The number of hydrogen-bond acceptors (Lipinski definition) is 2. The molecule has 0 bridgehead atoms. The Morgan fingerprint density at radius 3 is 2.80 bits per heavy atom. The summed E-state index contributed by atoms with van der Waals surface area (Å²) in [5, 5.41) is 1.10. The molecule has 0 fully saturated rings. The Bertz CT molecular complexity index is 237. The van der Waals surface area contributed by atoms with Gasteiger partial charge in [0.1, 0.15) is 0 Å². The number of thioether (sulfide) groups is 1. The Hall–Kier alpha value is -0.0200. The molecule has 0 radical (unpaired) electrons. The highest BCUT2D eigenvalue weighted by molar-refractivity contribution is 9.10. The van der Waals surface area contributed by atoms with Crippen LogP contribution >= 0.6 is 27.7 Å². The number of nitrogens with zero attached hydrogens (tertiary/aromatic N) is 1. The fraction of sp³-hybridized carbons (Fsp3) is 0.286. The Kier molecular flexibility index (Phi) is 2.74. The van der Waals surface area contributed by atoms with E-state index >= 15 is 0 Å². The molecule has 10 heavy (non-hydrogen) atoms. The molecule has 0 aliphatic carbocycles. The van der Waals surface area contributed by atoms with Crippen molar-refractivity contribution in [1.82, 2.24) is 4.98 Å². The first kappa shape index (κ1) is 8.08. The van der Waals surface area contributed by atoms with Gasteiger partial charge in [0, 0.05) is 10.7 Å². The van der Waals surface area contributed by atoms with Crippen LogP contribution in [0, 0.1) is 6.92 Å².